The van der Waals surface area contributed by atoms with Crippen molar-refractivity contribution in [1.82, 2.24) is 0 Å². The zero-order valence-electron chi connectivity index (χ0n) is 10.4. The van der Waals surface area contributed by atoms with E-state index in [1.165, 1.54) is 14.0 Å². The molecule has 0 aliphatic heterocycles. The molecule has 0 N–H and O–H groups in total. The van der Waals surface area contributed by atoms with Crippen LogP contribution in [0.2, 0.25) is 0 Å². The standard InChI is InChI=1S/C12H16O4S/c1-8-5-11(16-7-9(2)13)10(15-3)6-12(8)17(4)14/h5-6H,7H2,1-4H3. The van der Waals surface area contributed by atoms with Crippen molar-refractivity contribution in [3.63, 3.8) is 0 Å². The maximum atomic E-state index is 11.5. The van der Waals surface area contributed by atoms with Crippen molar-refractivity contribution in [2.45, 2.75) is 18.7 Å². The van der Waals surface area contributed by atoms with Gasteiger partial charge in [-0.1, -0.05) is 0 Å². The predicted molar refractivity (Wildman–Crippen MR) is 66.2 cm³/mol. The first-order chi connectivity index (χ1) is 7.95. The average Bonchev–Trinajstić information content (AvgIpc) is 2.25. The van der Waals surface area contributed by atoms with Gasteiger partial charge in [-0.2, -0.15) is 0 Å². The maximum absolute atomic E-state index is 11.5. The third-order valence-electron chi connectivity index (χ3n) is 2.20. The fourth-order valence-corrected chi connectivity index (χ4v) is 2.19. The molecule has 94 valence electrons. The van der Waals surface area contributed by atoms with Gasteiger partial charge in [0.15, 0.2) is 22.2 Å². The molecule has 0 aliphatic rings. The Morgan fingerprint density at radius 1 is 1.41 bits per heavy atom. The molecule has 0 fully saturated rings. The molecule has 5 heteroatoms. The first kappa shape index (κ1) is 13.9. The van der Waals surface area contributed by atoms with Crippen LogP contribution in [0.15, 0.2) is 17.0 Å². The molecule has 0 radical (unpaired) electrons. The van der Waals surface area contributed by atoms with Gasteiger partial charge < -0.3 is 14.0 Å². The summed E-state index contributed by atoms with van der Waals surface area (Å²) in [7, 11) is 1.51. The molecule has 0 saturated heterocycles. The summed E-state index contributed by atoms with van der Waals surface area (Å²) in [4.78, 5) is 11.6. The Balaban J connectivity index is 3.05. The summed E-state index contributed by atoms with van der Waals surface area (Å²) in [5.74, 6) is 0.921. The Kier molecular flexibility index (Phi) is 4.84. The van der Waals surface area contributed by atoms with E-state index in [2.05, 4.69) is 0 Å². The van der Waals surface area contributed by atoms with Gasteiger partial charge in [0.2, 0.25) is 0 Å². The first-order valence-electron chi connectivity index (χ1n) is 5.10. The summed E-state index contributed by atoms with van der Waals surface area (Å²) in [5.41, 5.74) is 0.852. The Morgan fingerprint density at radius 2 is 2.06 bits per heavy atom. The zero-order valence-corrected chi connectivity index (χ0v) is 11.2. The highest BCUT2D eigenvalue weighted by Crippen LogP contribution is 2.32. The third-order valence-corrected chi connectivity index (χ3v) is 3.26. The fourth-order valence-electron chi connectivity index (χ4n) is 1.40. The van der Waals surface area contributed by atoms with Crippen LogP contribution in [0.4, 0.5) is 0 Å². The number of aryl methyl sites for hydroxylation is 1. The molecular weight excluding hydrogens is 240 g/mol. The van der Waals surface area contributed by atoms with Crippen molar-refractivity contribution in [1.29, 1.82) is 0 Å². The number of hydrogen-bond donors (Lipinski definition) is 0. The van der Waals surface area contributed by atoms with Gasteiger partial charge in [0.25, 0.3) is 0 Å². The van der Waals surface area contributed by atoms with E-state index in [0.29, 0.717) is 16.4 Å². The van der Waals surface area contributed by atoms with E-state index in [9.17, 15) is 9.35 Å². The minimum atomic E-state index is -1.08. The number of benzene rings is 1. The van der Waals surface area contributed by atoms with E-state index >= 15 is 0 Å². The number of Topliss-reactive ketones (excluding diaryl/α,β-unsaturated/α-hetero) is 1. The summed E-state index contributed by atoms with van der Waals surface area (Å²) in [5, 5.41) is 0. The lowest BCUT2D eigenvalue weighted by molar-refractivity contribution is -0.118. The topological polar surface area (TPSA) is 58.6 Å². The van der Waals surface area contributed by atoms with Gasteiger partial charge >= 0.3 is 0 Å². The van der Waals surface area contributed by atoms with Crippen LogP contribution in [-0.2, 0) is 16.0 Å². The van der Waals surface area contributed by atoms with Crippen LogP contribution in [0.5, 0.6) is 11.5 Å². The first-order valence-corrected chi connectivity index (χ1v) is 6.65. The molecule has 4 nitrogen and oxygen atoms in total. The molecule has 17 heavy (non-hydrogen) atoms. The second-order valence-corrected chi connectivity index (χ2v) is 5.06. The average molecular weight is 256 g/mol. The molecular formula is C12H16O4S. The summed E-state index contributed by atoms with van der Waals surface area (Å²) in [6, 6.07) is 3.42. The van der Waals surface area contributed by atoms with Crippen molar-refractivity contribution in [3.8, 4) is 11.5 Å². The van der Waals surface area contributed by atoms with E-state index in [0.717, 1.165) is 5.56 Å². The van der Waals surface area contributed by atoms with Gasteiger partial charge in [0.1, 0.15) is 12.9 Å². The van der Waals surface area contributed by atoms with Gasteiger partial charge in [0, 0.05) is 11.6 Å². The van der Waals surface area contributed by atoms with Gasteiger partial charge in [-0.3, -0.25) is 4.79 Å². The normalized spacial score (nSPS) is 12.1. The highest BCUT2D eigenvalue weighted by molar-refractivity contribution is 7.90. The van der Waals surface area contributed by atoms with Crippen LogP contribution in [0.1, 0.15) is 12.5 Å². The molecule has 1 aromatic rings. The molecule has 0 spiro atoms. The van der Waals surface area contributed by atoms with E-state index < -0.39 is 11.2 Å². The largest absolute Gasteiger partial charge is 0.612 e. The minimum absolute atomic E-state index is 0.00433. The molecule has 0 saturated carbocycles. The number of ether oxygens (including phenoxy) is 2. The Bertz CT molecular complexity index is 415. The Hall–Kier alpha value is -1.20. The highest BCUT2D eigenvalue weighted by atomic mass is 32.2. The van der Waals surface area contributed by atoms with E-state index in [-0.39, 0.29) is 12.4 Å². The fraction of sp³-hybridized carbons (Fsp3) is 0.417. The SMILES string of the molecule is COc1cc([S+](C)[O-])c(C)cc1OCC(C)=O. The Labute approximate surface area is 104 Å². The second kappa shape index (κ2) is 5.93. The quantitative estimate of drug-likeness (QED) is 0.752. The van der Waals surface area contributed by atoms with Crippen molar-refractivity contribution in [2.24, 2.45) is 0 Å². The minimum Gasteiger partial charge on any atom is -0.612 e. The van der Waals surface area contributed by atoms with Crippen LogP contribution in [-0.4, -0.2) is 30.3 Å². The highest BCUT2D eigenvalue weighted by Gasteiger charge is 2.15. The van der Waals surface area contributed by atoms with Gasteiger partial charge in [0.05, 0.1) is 7.11 Å². The Morgan fingerprint density at radius 3 is 2.53 bits per heavy atom. The number of methoxy groups -OCH3 is 1. The second-order valence-electron chi connectivity index (χ2n) is 3.71. The third kappa shape index (κ3) is 3.64. The number of rotatable bonds is 5. The van der Waals surface area contributed by atoms with E-state index in [4.69, 9.17) is 9.47 Å². The number of carbonyl (C=O) groups is 1. The molecule has 0 bridgehead atoms. The van der Waals surface area contributed by atoms with E-state index in [1.807, 2.05) is 6.92 Å². The van der Waals surface area contributed by atoms with Crippen LogP contribution >= 0.6 is 0 Å². The monoisotopic (exact) mass is 256 g/mol. The van der Waals surface area contributed by atoms with Gasteiger partial charge in [-0.25, -0.2) is 0 Å². The van der Waals surface area contributed by atoms with Crippen LogP contribution in [0.3, 0.4) is 0 Å². The molecule has 0 heterocycles. The molecule has 0 amide bonds. The number of carbonyl (C=O) groups excluding carboxylic acids is 1. The molecule has 1 aromatic carbocycles. The van der Waals surface area contributed by atoms with E-state index in [1.54, 1.807) is 18.4 Å². The van der Waals surface area contributed by atoms with Crippen molar-refractivity contribution in [2.75, 3.05) is 20.0 Å². The molecule has 1 rings (SSSR count). The summed E-state index contributed by atoms with van der Waals surface area (Å²) < 4.78 is 22.0. The van der Waals surface area contributed by atoms with Crippen molar-refractivity contribution in [3.05, 3.63) is 17.7 Å². The lowest BCUT2D eigenvalue weighted by atomic mass is 10.2. The molecule has 0 aromatic heterocycles. The summed E-state index contributed by atoms with van der Waals surface area (Å²) in [6.45, 7) is 3.30. The zero-order chi connectivity index (χ0) is 13.0. The lowest BCUT2D eigenvalue weighted by Gasteiger charge is -2.14. The van der Waals surface area contributed by atoms with Crippen LogP contribution in [0, 0.1) is 6.92 Å². The number of ketones is 1. The van der Waals surface area contributed by atoms with Gasteiger partial charge in [-0.15, -0.1) is 0 Å². The molecule has 1 atom stereocenters. The summed E-state index contributed by atoms with van der Waals surface area (Å²) in [6.07, 6.45) is 1.61. The smallest absolute Gasteiger partial charge is 0.167 e. The maximum Gasteiger partial charge on any atom is 0.167 e. The number of hydrogen-bond acceptors (Lipinski definition) is 4. The van der Waals surface area contributed by atoms with Crippen LogP contribution < -0.4 is 9.47 Å². The lowest BCUT2D eigenvalue weighted by Crippen LogP contribution is -2.08. The van der Waals surface area contributed by atoms with Crippen molar-refractivity contribution < 1.29 is 18.8 Å². The summed E-state index contributed by atoms with van der Waals surface area (Å²) >= 11 is -1.08. The van der Waals surface area contributed by atoms with Crippen LogP contribution in [0.25, 0.3) is 0 Å². The van der Waals surface area contributed by atoms with Gasteiger partial charge in [-0.05, 0) is 31.1 Å². The van der Waals surface area contributed by atoms with Crippen molar-refractivity contribution >= 4 is 17.0 Å². The predicted octanol–water partition coefficient (Wildman–Crippen LogP) is 1.71. The molecule has 1 unspecified atom stereocenters. The molecule has 0 aliphatic carbocycles.